The van der Waals surface area contributed by atoms with E-state index in [-0.39, 0.29) is 23.4 Å². The van der Waals surface area contributed by atoms with E-state index in [4.69, 9.17) is 5.73 Å². The summed E-state index contributed by atoms with van der Waals surface area (Å²) in [6.07, 6.45) is 1.36. The molecule has 0 aliphatic rings. The van der Waals surface area contributed by atoms with Crippen molar-refractivity contribution >= 4 is 11.6 Å². The van der Waals surface area contributed by atoms with Crippen LogP contribution >= 0.6 is 0 Å². The third-order valence-corrected chi connectivity index (χ3v) is 2.85. The van der Waals surface area contributed by atoms with Crippen molar-refractivity contribution in [3.8, 4) is 0 Å². The van der Waals surface area contributed by atoms with Crippen molar-refractivity contribution in [2.24, 2.45) is 0 Å². The molecule has 2 rings (SSSR count). The molecule has 0 fully saturated rings. The highest BCUT2D eigenvalue weighted by atomic mass is 19.1. The molecule has 0 bridgehead atoms. The second-order valence-corrected chi connectivity index (χ2v) is 4.48. The number of H-pyrrole nitrogens is 1. The summed E-state index contributed by atoms with van der Waals surface area (Å²) >= 11 is 0. The van der Waals surface area contributed by atoms with Gasteiger partial charge in [0.1, 0.15) is 17.3 Å². The zero-order valence-electron chi connectivity index (χ0n) is 10.8. The number of anilines is 1. The highest BCUT2D eigenvalue weighted by molar-refractivity contribution is 5.97. The molecule has 0 saturated heterocycles. The Kier molecular flexibility index (Phi) is 3.97. The molecule has 0 spiro atoms. The minimum Gasteiger partial charge on any atom is -0.396 e. The number of hydrogen-bond acceptors (Lipinski definition) is 3. The highest BCUT2D eigenvalue weighted by Crippen LogP contribution is 2.14. The molecule has 4 N–H and O–H groups in total. The Hall–Kier alpha value is -2.44. The number of nitrogens with one attached hydrogen (secondary N) is 2. The lowest BCUT2D eigenvalue weighted by Gasteiger charge is -2.14. The lowest BCUT2D eigenvalue weighted by atomic mass is 10.1. The summed E-state index contributed by atoms with van der Waals surface area (Å²) in [7, 11) is 0. The molecule has 0 radical (unpaired) electrons. The van der Waals surface area contributed by atoms with E-state index in [0.717, 1.165) is 0 Å². The smallest absolute Gasteiger partial charge is 0.271 e. The van der Waals surface area contributed by atoms with Gasteiger partial charge >= 0.3 is 0 Å². The zero-order valence-corrected chi connectivity index (χ0v) is 10.8. The van der Waals surface area contributed by atoms with E-state index >= 15 is 0 Å². The highest BCUT2D eigenvalue weighted by Gasteiger charge is 2.17. The first kappa shape index (κ1) is 14.0. The molecule has 1 aromatic carbocycles. The van der Waals surface area contributed by atoms with E-state index in [0.29, 0.717) is 0 Å². The molecule has 1 heterocycles. The van der Waals surface area contributed by atoms with Gasteiger partial charge in [0.2, 0.25) is 0 Å². The minimum absolute atomic E-state index is 0.0400. The summed E-state index contributed by atoms with van der Waals surface area (Å²) in [5.74, 6) is -1.73. The van der Waals surface area contributed by atoms with Gasteiger partial charge in [0.15, 0.2) is 0 Å². The van der Waals surface area contributed by atoms with Gasteiger partial charge in [0.05, 0.1) is 11.9 Å². The van der Waals surface area contributed by atoms with Crippen LogP contribution in [0.2, 0.25) is 0 Å². The van der Waals surface area contributed by atoms with Gasteiger partial charge in [-0.2, -0.15) is 5.10 Å². The molecule has 0 saturated carbocycles. The number of rotatable bonds is 4. The first-order chi connectivity index (χ1) is 9.49. The number of nitrogens with two attached hydrogens (primary N) is 1. The first-order valence-electron chi connectivity index (χ1n) is 6.01. The van der Waals surface area contributed by atoms with Crippen LogP contribution in [0.3, 0.4) is 0 Å². The molecule has 0 aliphatic heterocycles. The van der Waals surface area contributed by atoms with Crippen LogP contribution in [0.4, 0.5) is 14.5 Å². The predicted molar refractivity (Wildman–Crippen MR) is 70.0 cm³/mol. The molecule has 7 heteroatoms. The van der Waals surface area contributed by atoms with Crippen molar-refractivity contribution in [2.75, 3.05) is 5.73 Å². The SMILES string of the molecule is CC(Cc1c(F)cccc1F)NC(=O)c1[nH]ncc1N. The molecule has 5 nitrogen and oxygen atoms in total. The second-order valence-electron chi connectivity index (χ2n) is 4.48. The van der Waals surface area contributed by atoms with Crippen LogP contribution in [0.1, 0.15) is 23.0 Å². The van der Waals surface area contributed by atoms with Crippen LogP contribution < -0.4 is 11.1 Å². The van der Waals surface area contributed by atoms with E-state index in [2.05, 4.69) is 15.5 Å². The van der Waals surface area contributed by atoms with E-state index in [1.54, 1.807) is 6.92 Å². The summed E-state index contributed by atoms with van der Waals surface area (Å²) in [5.41, 5.74) is 5.83. The summed E-state index contributed by atoms with van der Waals surface area (Å²) in [5, 5.41) is 8.70. The fraction of sp³-hybridized carbons (Fsp3) is 0.231. The molecule has 2 aromatic rings. The maximum absolute atomic E-state index is 13.5. The van der Waals surface area contributed by atoms with Crippen molar-refractivity contribution in [2.45, 2.75) is 19.4 Å². The van der Waals surface area contributed by atoms with Crippen LogP contribution in [0.5, 0.6) is 0 Å². The largest absolute Gasteiger partial charge is 0.396 e. The summed E-state index contributed by atoms with van der Waals surface area (Å²) in [6, 6.07) is 3.19. The van der Waals surface area contributed by atoms with Gasteiger partial charge in [0.25, 0.3) is 5.91 Å². The van der Waals surface area contributed by atoms with Gasteiger partial charge in [-0.3, -0.25) is 9.89 Å². The van der Waals surface area contributed by atoms with Gasteiger partial charge in [-0.15, -0.1) is 0 Å². The predicted octanol–water partition coefficient (Wildman–Crippen LogP) is 1.63. The number of hydrogen-bond donors (Lipinski definition) is 3. The lowest BCUT2D eigenvalue weighted by molar-refractivity contribution is 0.0935. The van der Waals surface area contributed by atoms with Crippen LogP contribution in [0, 0.1) is 11.6 Å². The van der Waals surface area contributed by atoms with Gasteiger partial charge < -0.3 is 11.1 Å². The molecule has 1 aromatic heterocycles. The molecule has 1 atom stereocenters. The molecule has 1 amide bonds. The van der Waals surface area contributed by atoms with Crippen molar-refractivity contribution in [1.29, 1.82) is 0 Å². The number of amides is 1. The quantitative estimate of drug-likeness (QED) is 0.796. The third-order valence-electron chi connectivity index (χ3n) is 2.85. The Morgan fingerprint density at radius 3 is 2.65 bits per heavy atom. The Morgan fingerprint density at radius 2 is 2.10 bits per heavy atom. The Bertz CT molecular complexity index is 606. The average molecular weight is 280 g/mol. The topological polar surface area (TPSA) is 83.8 Å². The van der Waals surface area contributed by atoms with Crippen LogP contribution in [-0.4, -0.2) is 22.1 Å². The van der Waals surface area contributed by atoms with E-state index in [1.165, 1.54) is 24.4 Å². The Morgan fingerprint density at radius 1 is 1.45 bits per heavy atom. The maximum atomic E-state index is 13.5. The van der Waals surface area contributed by atoms with Gasteiger partial charge in [-0.25, -0.2) is 8.78 Å². The number of nitrogens with zero attached hydrogens (tertiary/aromatic N) is 1. The van der Waals surface area contributed by atoms with Gasteiger partial charge in [-0.1, -0.05) is 6.07 Å². The number of nitrogen functional groups attached to an aromatic ring is 1. The Labute approximate surface area is 114 Å². The standard InChI is InChI=1S/C13H14F2N4O/c1-7(5-8-9(14)3-2-4-10(8)15)18-13(20)12-11(16)6-17-19-12/h2-4,6-7H,5,16H2,1H3,(H,17,19)(H,18,20). The Balaban J connectivity index is 2.05. The summed E-state index contributed by atoms with van der Waals surface area (Å²) in [6.45, 7) is 1.65. The number of benzene rings is 1. The fourth-order valence-electron chi connectivity index (χ4n) is 1.86. The monoisotopic (exact) mass is 280 g/mol. The van der Waals surface area contributed by atoms with Crippen molar-refractivity contribution < 1.29 is 13.6 Å². The van der Waals surface area contributed by atoms with E-state index in [9.17, 15) is 13.6 Å². The maximum Gasteiger partial charge on any atom is 0.271 e. The van der Waals surface area contributed by atoms with Gasteiger partial charge in [0, 0.05) is 11.6 Å². The second kappa shape index (κ2) is 5.68. The third kappa shape index (κ3) is 2.93. The normalized spacial score (nSPS) is 12.2. The number of carbonyl (C=O) groups excluding carboxylic acids is 1. The van der Waals surface area contributed by atoms with Crippen molar-refractivity contribution in [3.63, 3.8) is 0 Å². The number of halogens is 2. The van der Waals surface area contributed by atoms with Crippen LogP contribution in [-0.2, 0) is 6.42 Å². The molecular formula is C13H14F2N4O. The molecule has 106 valence electrons. The van der Waals surface area contributed by atoms with E-state index < -0.39 is 23.6 Å². The molecule has 0 aliphatic carbocycles. The number of aromatic nitrogens is 2. The molecule has 1 unspecified atom stereocenters. The average Bonchev–Trinajstić information content (AvgIpc) is 2.80. The van der Waals surface area contributed by atoms with Crippen molar-refractivity contribution in [1.82, 2.24) is 15.5 Å². The number of aromatic amines is 1. The first-order valence-corrected chi connectivity index (χ1v) is 6.01. The van der Waals surface area contributed by atoms with Crippen LogP contribution in [0.15, 0.2) is 24.4 Å². The van der Waals surface area contributed by atoms with E-state index in [1.807, 2.05) is 0 Å². The minimum atomic E-state index is -0.632. The molecule has 20 heavy (non-hydrogen) atoms. The van der Waals surface area contributed by atoms with Crippen molar-refractivity contribution in [3.05, 3.63) is 47.3 Å². The summed E-state index contributed by atoms with van der Waals surface area (Å²) in [4.78, 5) is 11.8. The summed E-state index contributed by atoms with van der Waals surface area (Å²) < 4.78 is 27.0. The number of carbonyl (C=O) groups is 1. The van der Waals surface area contributed by atoms with Crippen LogP contribution in [0.25, 0.3) is 0 Å². The fourth-order valence-corrected chi connectivity index (χ4v) is 1.86. The zero-order chi connectivity index (χ0) is 14.7. The van der Waals surface area contributed by atoms with Gasteiger partial charge in [-0.05, 0) is 25.5 Å². The molecular weight excluding hydrogens is 266 g/mol. The lowest BCUT2D eigenvalue weighted by Crippen LogP contribution is -2.35.